The monoisotopic (exact) mass is 251 g/mol. The van der Waals surface area contributed by atoms with Crippen molar-refractivity contribution in [2.24, 2.45) is 0 Å². The Bertz CT molecular complexity index is 366. The van der Waals surface area contributed by atoms with Crippen molar-refractivity contribution in [2.75, 3.05) is 20.3 Å². The minimum atomic E-state index is 0.0890. The van der Waals surface area contributed by atoms with Gasteiger partial charge in [-0.15, -0.1) is 0 Å². The number of carbonyl (C=O) groups is 1. The summed E-state index contributed by atoms with van der Waals surface area (Å²) in [5, 5.41) is 2.83. The lowest BCUT2D eigenvalue weighted by molar-refractivity contribution is -0.121. The number of nitrogens with one attached hydrogen (secondary N) is 1. The molecule has 0 fully saturated rings. The van der Waals surface area contributed by atoms with Gasteiger partial charge in [0.05, 0.1) is 13.7 Å². The number of methoxy groups -OCH3 is 1. The third kappa shape index (κ3) is 5.57. The van der Waals surface area contributed by atoms with Gasteiger partial charge in [0.2, 0.25) is 5.91 Å². The van der Waals surface area contributed by atoms with Crippen LogP contribution in [0.5, 0.6) is 11.5 Å². The first kappa shape index (κ1) is 14.4. The van der Waals surface area contributed by atoms with Crippen LogP contribution >= 0.6 is 0 Å². The molecular formula is C14H21NO3. The van der Waals surface area contributed by atoms with Crippen molar-refractivity contribution >= 4 is 5.91 Å². The second kappa shape index (κ2) is 8.39. The number of ether oxygens (including phenoxy) is 2. The smallest absolute Gasteiger partial charge is 0.220 e. The van der Waals surface area contributed by atoms with Gasteiger partial charge in [0.15, 0.2) is 0 Å². The van der Waals surface area contributed by atoms with Gasteiger partial charge in [-0.3, -0.25) is 4.79 Å². The Kier molecular flexibility index (Phi) is 6.69. The molecule has 4 heteroatoms. The van der Waals surface area contributed by atoms with E-state index in [-0.39, 0.29) is 5.91 Å². The third-order valence-corrected chi connectivity index (χ3v) is 2.43. The standard InChI is InChI=1S/C14H21NO3/c1-3-9-15-14(16)8-5-10-18-13-7-4-6-12(11-13)17-2/h4,6-7,11H,3,5,8-10H2,1-2H3,(H,15,16). The molecule has 18 heavy (non-hydrogen) atoms. The fraction of sp³-hybridized carbons (Fsp3) is 0.500. The molecule has 0 spiro atoms. The van der Waals surface area contributed by atoms with Crippen molar-refractivity contribution in [1.82, 2.24) is 5.32 Å². The van der Waals surface area contributed by atoms with Gasteiger partial charge in [0.25, 0.3) is 0 Å². The van der Waals surface area contributed by atoms with Crippen LogP contribution in [-0.2, 0) is 4.79 Å². The number of amides is 1. The molecule has 0 heterocycles. The van der Waals surface area contributed by atoms with Crippen molar-refractivity contribution in [3.8, 4) is 11.5 Å². The lowest BCUT2D eigenvalue weighted by Crippen LogP contribution is -2.24. The molecule has 0 radical (unpaired) electrons. The zero-order chi connectivity index (χ0) is 13.2. The van der Waals surface area contributed by atoms with Crippen LogP contribution in [0.3, 0.4) is 0 Å². The highest BCUT2D eigenvalue weighted by molar-refractivity contribution is 5.75. The quantitative estimate of drug-likeness (QED) is 0.722. The average Bonchev–Trinajstić information content (AvgIpc) is 2.41. The lowest BCUT2D eigenvalue weighted by Gasteiger charge is -2.07. The van der Waals surface area contributed by atoms with E-state index >= 15 is 0 Å². The molecule has 1 amide bonds. The summed E-state index contributed by atoms with van der Waals surface area (Å²) in [5.41, 5.74) is 0. The Balaban J connectivity index is 2.19. The predicted molar refractivity (Wildman–Crippen MR) is 71.0 cm³/mol. The van der Waals surface area contributed by atoms with Crippen LogP contribution in [0.2, 0.25) is 0 Å². The molecule has 100 valence electrons. The van der Waals surface area contributed by atoms with Crippen LogP contribution in [0.4, 0.5) is 0 Å². The predicted octanol–water partition coefficient (Wildman–Crippen LogP) is 2.38. The minimum Gasteiger partial charge on any atom is -0.497 e. The lowest BCUT2D eigenvalue weighted by atomic mass is 10.3. The van der Waals surface area contributed by atoms with Gasteiger partial charge < -0.3 is 14.8 Å². The van der Waals surface area contributed by atoms with Gasteiger partial charge in [0.1, 0.15) is 11.5 Å². The van der Waals surface area contributed by atoms with Crippen molar-refractivity contribution in [3.05, 3.63) is 24.3 Å². The van der Waals surface area contributed by atoms with Crippen LogP contribution in [0.1, 0.15) is 26.2 Å². The molecular weight excluding hydrogens is 230 g/mol. The molecule has 1 N–H and O–H groups in total. The first-order valence-electron chi connectivity index (χ1n) is 6.29. The van der Waals surface area contributed by atoms with Gasteiger partial charge in [-0.25, -0.2) is 0 Å². The van der Waals surface area contributed by atoms with Crippen LogP contribution in [0.25, 0.3) is 0 Å². The van der Waals surface area contributed by atoms with E-state index in [9.17, 15) is 4.79 Å². The molecule has 0 saturated heterocycles. The van der Waals surface area contributed by atoms with E-state index in [0.29, 0.717) is 19.4 Å². The van der Waals surface area contributed by atoms with Gasteiger partial charge in [-0.05, 0) is 25.0 Å². The molecule has 4 nitrogen and oxygen atoms in total. The Hall–Kier alpha value is -1.71. The minimum absolute atomic E-state index is 0.0890. The van der Waals surface area contributed by atoms with Gasteiger partial charge in [-0.2, -0.15) is 0 Å². The summed E-state index contributed by atoms with van der Waals surface area (Å²) in [5.74, 6) is 1.63. The average molecular weight is 251 g/mol. The van der Waals surface area contributed by atoms with E-state index in [1.807, 2.05) is 31.2 Å². The maximum absolute atomic E-state index is 11.3. The molecule has 0 aliphatic carbocycles. The van der Waals surface area contributed by atoms with Gasteiger partial charge >= 0.3 is 0 Å². The van der Waals surface area contributed by atoms with E-state index in [1.165, 1.54) is 0 Å². The first-order chi connectivity index (χ1) is 8.76. The molecule has 1 aromatic carbocycles. The highest BCUT2D eigenvalue weighted by Gasteiger charge is 2.01. The van der Waals surface area contributed by atoms with E-state index in [0.717, 1.165) is 24.5 Å². The summed E-state index contributed by atoms with van der Waals surface area (Å²) in [6, 6.07) is 7.45. The van der Waals surface area contributed by atoms with Crippen LogP contribution < -0.4 is 14.8 Å². The fourth-order valence-electron chi connectivity index (χ4n) is 1.47. The number of rotatable bonds is 8. The first-order valence-corrected chi connectivity index (χ1v) is 6.29. The van der Waals surface area contributed by atoms with E-state index in [2.05, 4.69) is 5.32 Å². The van der Waals surface area contributed by atoms with Crippen LogP contribution in [-0.4, -0.2) is 26.2 Å². The summed E-state index contributed by atoms with van der Waals surface area (Å²) in [7, 11) is 1.62. The van der Waals surface area contributed by atoms with Crippen molar-refractivity contribution < 1.29 is 14.3 Å². The number of carbonyl (C=O) groups excluding carboxylic acids is 1. The Morgan fingerprint density at radius 3 is 2.83 bits per heavy atom. The maximum Gasteiger partial charge on any atom is 0.220 e. The molecule has 0 unspecified atom stereocenters. The second-order valence-corrected chi connectivity index (χ2v) is 3.98. The largest absolute Gasteiger partial charge is 0.497 e. The summed E-state index contributed by atoms with van der Waals surface area (Å²) in [4.78, 5) is 11.3. The number of hydrogen-bond donors (Lipinski definition) is 1. The molecule has 0 bridgehead atoms. The zero-order valence-corrected chi connectivity index (χ0v) is 11.1. The van der Waals surface area contributed by atoms with E-state index in [1.54, 1.807) is 7.11 Å². The van der Waals surface area contributed by atoms with Crippen molar-refractivity contribution in [3.63, 3.8) is 0 Å². The molecule has 0 atom stereocenters. The normalized spacial score (nSPS) is 9.89. The van der Waals surface area contributed by atoms with Gasteiger partial charge in [-0.1, -0.05) is 13.0 Å². The Morgan fingerprint density at radius 2 is 2.11 bits per heavy atom. The summed E-state index contributed by atoms with van der Waals surface area (Å²) in [6.45, 7) is 3.31. The SMILES string of the molecule is CCCNC(=O)CCCOc1cccc(OC)c1. The summed E-state index contributed by atoms with van der Waals surface area (Å²) in [6.07, 6.45) is 2.18. The highest BCUT2D eigenvalue weighted by Crippen LogP contribution is 2.18. The highest BCUT2D eigenvalue weighted by atomic mass is 16.5. The number of hydrogen-bond acceptors (Lipinski definition) is 3. The second-order valence-electron chi connectivity index (χ2n) is 3.98. The molecule has 0 aliphatic rings. The summed E-state index contributed by atoms with van der Waals surface area (Å²) >= 11 is 0. The number of benzene rings is 1. The molecule has 1 rings (SSSR count). The molecule has 1 aromatic rings. The van der Waals surface area contributed by atoms with Crippen molar-refractivity contribution in [1.29, 1.82) is 0 Å². The molecule has 0 aliphatic heterocycles. The molecule has 0 saturated carbocycles. The zero-order valence-electron chi connectivity index (χ0n) is 11.1. The Labute approximate surface area is 108 Å². The summed E-state index contributed by atoms with van der Waals surface area (Å²) < 4.78 is 10.6. The van der Waals surface area contributed by atoms with Gasteiger partial charge in [0, 0.05) is 19.0 Å². The van der Waals surface area contributed by atoms with E-state index < -0.39 is 0 Å². The fourth-order valence-corrected chi connectivity index (χ4v) is 1.47. The topological polar surface area (TPSA) is 47.6 Å². The molecule has 0 aromatic heterocycles. The van der Waals surface area contributed by atoms with Crippen LogP contribution in [0.15, 0.2) is 24.3 Å². The van der Waals surface area contributed by atoms with Crippen LogP contribution in [0, 0.1) is 0 Å². The van der Waals surface area contributed by atoms with Crippen molar-refractivity contribution in [2.45, 2.75) is 26.2 Å². The Morgan fingerprint density at radius 1 is 1.33 bits per heavy atom. The maximum atomic E-state index is 11.3. The third-order valence-electron chi connectivity index (χ3n) is 2.43. The van der Waals surface area contributed by atoms with E-state index in [4.69, 9.17) is 9.47 Å².